The number of carbonyl (C=O) groups is 1. The molecule has 0 N–H and O–H groups in total. The van der Waals surface area contributed by atoms with Crippen LogP contribution in [-0.4, -0.2) is 48.7 Å². The van der Waals surface area contributed by atoms with Crippen molar-refractivity contribution in [3.05, 3.63) is 60.2 Å². The molecule has 0 atom stereocenters. The Morgan fingerprint density at radius 1 is 1.11 bits per heavy atom. The van der Waals surface area contributed by atoms with Crippen molar-refractivity contribution in [2.75, 3.05) is 32.9 Å². The highest BCUT2D eigenvalue weighted by molar-refractivity contribution is 6.07. The third-order valence-corrected chi connectivity index (χ3v) is 4.71. The summed E-state index contributed by atoms with van der Waals surface area (Å²) in [5.74, 6) is 0.857. The number of fused-ring (bicyclic) bond motifs is 1. The Hall–Kier alpha value is -2.92. The van der Waals surface area contributed by atoms with Crippen LogP contribution in [0.25, 0.3) is 22.2 Å². The maximum Gasteiger partial charge on any atom is 0.254 e. The highest BCUT2D eigenvalue weighted by Crippen LogP contribution is 2.27. The fraction of sp³-hybridized carbons (Fsp3) is 0.273. The Labute approximate surface area is 158 Å². The first-order valence-corrected chi connectivity index (χ1v) is 9.26. The molecule has 0 aliphatic carbocycles. The number of benzene rings is 2. The molecule has 1 fully saturated rings. The average Bonchev–Trinajstić information content (AvgIpc) is 2.74. The molecule has 1 saturated heterocycles. The maximum absolute atomic E-state index is 13.2. The second kappa shape index (κ2) is 7.76. The molecule has 0 bridgehead atoms. The van der Waals surface area contributed by atoms with Crippen molar-refractivity contribution in [1.82, 2.24) is 9.88 Å². The monoisotopic (exact) mass is 362 g/mol. The predicted octanol–water partition coefficient (Wildman–Crippen LogP) is 3.77. The average molecular weight is 362 g/mol. The summed E-state index contributed by atoms with van der Waals surface area (Å²) in [5, 5.41) is 0.878. The zero-order valence-corrected chi connectivity index (χ0v) is 15.4. The van der Waals surface area contributed by atoms with Crippen LogP contribution in [0.4, 0.5) is 0 Å². The Morgan fingerprint density at radius 2 is 1.85 bits per heavy atom. The van der Waals surface area contributed by atoms with Gasteiger partial charge in [-0.25, -0.2) is 4.98 Å². The van der Waals surface area contributed by atoms with Gasteiger partial charge in [-0.3, -0.25) is 4.79 Å². The maximum atomic E-state index is 13.2. The largest absolute Gasteiger partial charge is 0.494 e. The third kappa shape index (κ3) is 3.64. The van der Waals surface area contributed by atoms with Gasteiger partial charge in [-0.15, -0.1) is 0 Å². The lowest BCUT2D eigenvalue weighted by Gasteiger charge is -2.27. The number of amides is 1. The molecule has 0 radical (unpaired) electrons. The second-order valence-electron chi connectivity index (χ2n) is 6.43. The number of pyridine rings is 1. The van der Waals surface area contributed by atoms with Crippen LogP contribution in [0, 0.1) is 0 Å². The van der Waals surface area contributed by atoms with Gasteiger partial charge in [-0.2, -0.15) is 0 Å². The lowest BCUT2D eigenvalue weighted by atomic mass is 10.0. The quantitative estimate of drug-likeness (QED) is 0.709. The van der Waals surface area contributed by atoms with Gasteiger partial charge in [0.2, 0.25) is 0 Å². The predicted molar refractivity (Wildman–Crippen MR) is 105 cm³/mol. The standard InChI is InChI=1S/C22H22N2O3/c1-2-27-17-9-7-16(8-10-17)21-15-19(18-5-3-4-6-20(18)23-21)22(25)24-11-13-26-14-12-24/h3-10,15H,2,11-14H2,1H3. The molecule has 27 heavy (non-hydrogen) atoms. The number of hydrogen-bond donors (Lipinski definition) is 0. The number of hydrogen-bond acceptors (Lipinski definition) is 4. The van der Waals surface area contributed by atoms with Crippen LogP contribution < -0.4 is 4.74 Å². The minimum Gasteiger partial charge on any atom is -0.494 e. The zero-order chi connectivity index (χ0) is 18.6. The van der Waals surface area contributed by atoms with E-state index in [1.165, 1.54) is 0 Å². The summed E-state index contributed by atoms with van der Waals surface area (Å²) < 4.78 is 10.9. The summed E-state index contributed by atoms with van der Waals surface area (Å²) in [4.78, 5) is 19.8. The number of nitrogens with zero attached hydrogens (tertiary/aromatic N) is 2. The van der Waals surface area contributed by atoms with Crippen molar-refractivity contribution in [2.45, 2.75) is 6.92 Å². The molecule has 4 rings (SSSR count). The molecule has 0 saturated carbocycles. The van der Waals surface area contributed by atoms with Gasteiger partial charge in [0.1, 0.15) is 5.75 Å². The summed E-state index contributed by atoms with van der Waals surface area (Å²) in [6, 6.07) is 17.5. The molecule has 1 aromatic heterocycles. The van der Waals surface area contributed by atoms with Crippen LogP contribution in [0.2, 0.25) is 0 Å². The third-order valence-electron chi connectivity index (χ3n) is 4.71. The van der Waals surface area contributed by atoms with Crippen LogP contribution in [-0.2, 0) is 4.74 Å². The van der Waals surface area contributed by atoms with E-state index in [1.54, 1.807) is 0 Å². The second-order valence-corrected chi connectivity index (χ2v) is 6.43. The molecular formula is C22H22N2O3. The highest BCUT2D eigenvalue weighted by atomic mass is 16.5. The van der Waals surface area contributed by atoms with Crippen LogP contribution in [0.5, 0.6) is 5.75 Å². The van der Waals surface area contributed by atoms with Gasteiger partial charge < -0.3 is 14.4 Å². The van der Waals surface area contributed by atoms with Crippen molar-refractivity contribution >= 4 is 16.8 Å². The minimum atomic E-state index is 0.0316. The molecule has 1 aliphatic rings. The lowest BCUT2D eigenvalue weighted by molar-refractivity contribution is 0.0304. The van der Waals surface area contributed by atoms with E-state index in [2.05, 4.69) is 0 Å². The number of carbonyl (C=O) groups excluding carboxylic acids is 1. The van der Waals surface area contributed by atoms with Gasteiger partial charge in [0.25, 0.3) is 5.91 Å². The molecule has 5 nitrogen and oxygen atoms in total. The number of rotatable bonds is 4. The van der Waals surface area contributed by atoms with Gasteiger partial charge in [0.15, 0.2) is 0 Å². The molecule has 138 valence electrons. The Balaban J connectivity index is 1.77. The van der Waals surface area contributed by atoms with Crippen LogP contribution >= 0.6 is 0 Å². The first-order valence-electron chi connectivity index (χ1n) is 9.26. The van der Waals surface area contributed by atoms with Gasteiger partial charge >= 0.3 is 0 Å². The number of aromatic nitrogens is 1. The van der Waals surface area contributed by atoms with E-state index >= 15 is 0 Å². The molecule has 5 heteroatoms. The van der Waals surface area contributed by atoms with Crippen LogP contribution in [0.15, 0.2) is 54.6 Å². The van der Waals surface area contributed by atoms with Crippen molar-refractivity contribution in [3.63, 3.8) is 0 Å². The smallest absolute Gasteiger partial charge is 0.254 e. The first kappa shape index (κ1) is 17.5. The Kier molecular flexibility index (Phi) is 5.03. The first-order chi connectivity index (χ1) is 13.3. The molecule has 2 heterocycles. The number of para-hydroxylation sites is 1. The summed E-state index contributed by atoms with van der Waals surface area (Å²) >= 11 is 0. The summed E-state index contributed by atoms with van der Waals surface area (Å²) in [6.45, 7) is 5.00. The zero-order valence-electron chi connectivity index (χ0n) is 15.4. The molecular weight excluding hydrogens is 340 g/mol. The van der Waals surface area contributed by atoms with E-state index in [9.17, 15) is 4.79 Å². The minimum absolute atomic E-state index is 0.0316. The SMILES string of the molecule is CCOc1ccc(-c2cc(C(=O)N3CCOCC3)c3ccccc3n2)cc1. The lowest BCUT2D eigenvalue weighted by Crippen LogP contribution is -2.40. The van der Waals surface area contributed by atoms with Crippen LogP contribution in [0.3, 0.4) is 0 Å². The summed E-state index contributed by atoms with van der Waals surface area (Å²) in [5.41, 5.74) is 3.25. The van der Waals surface area contributed by atoms with Gasteiger partial charge in [0, 0.05) is 24.0 Å². The van der Waals surface area contributed by atoms with E-state index in [-0.39, 0.29) is 5.91 Å². The van der Waals surface area contributed by atoms with E-state index in [0.717, 1.165) is 27.9 Å². The molecule has 0 spiro atoms. The topological polar surface area (TPSA) is 51.7 Å². The van der Waals surface area contributed by atoms with E-state index in [0.29, 0.717) is 38.5 Å². The van der Waals surface area contributed by atoms with E-state index in [4.69, 9.17) is 14.5 Å². The molecule has 3 aromatic rings. The van der Waals surface area contributed by atoms with Gasteiger partial charge in [-0.05, 0) is 43.3 Å². The number of ether oxygens (including phenoxy) is 2. The molecule has 1 amide bonds. The summed E-state index contributed by atoms with van der Waals surface area (Å²) in [6.07, 6.45) is 0. The fourth-order valence-corrected chi connectivity index (χ4v) is 3.33. The molecule has 1 aliphatic heterocycles. The van der Waals surface area contributed by atoms with Crippen molar-refractivity contribution in [3.8, 4) is 17.0 Å². The van der Waals surface area contributed by atoms with E-state index < -0.39 is 0 Å². The normalized spacial score (nSPS) is 14.3. The molecule has 0 unspecified atom stereocenters. The molecule has 2 aromatic carbocycles. The van der Waals surface area contributed by atoms with Crippen molar-refractivity contribution in [2.24, 2.45) is 0 Å². The Morgan fingerprint density at radius 3 is 2.59 bits per heavy atom. The highest BCUT2D eigenvalue weighted by Gasteiger charge is 2.21. The van der Waals surface area contributed by atoms with Crippen molar-refractivity contribution < 1.29 is 14.3 Å². The van der Waals surface area contributed by atoms with Crippen LogP contribution in [0.1, 0.15) is 17.3 Å². The van der Waals surface area contributed by atoms with Gasteiger partial charge in [-0.1, -0.05) is 18.2 Å². The fourth-order valence-electron chi connectivity index (χ4n) is 3.33. The van der Waals surface area contributed by atoms with Gasteiger partial charge in [0.05, 0.1) is 36.6 Å². The van der Waals surface area contributed by atoms with E-state index in [1.807, 2.05) is 66.4 Å². The van der Waals surface area contributed by atoms with Crippen molar-refractivity contribution in [1.29, 1.82) is 0 Å². The summed E-state index contributed by atoms with van der Waals surface area (Å²) in [7, 11) is 0. The Bertz CT molecular complexity index is 947. The number of morpholine rings is 1.